The monoisotopic (exact) mass is 301 g/mol. The topological polar surface area (TPSA) is 3.24 Å². The molecule has 0 heterocycles. The number of alkyl halides is 1. The second kappa shape index (κ2) is 5.56. The summed E-state index contributed by atoms with van der Waals surface area (Å²) in [6, 6.07) is 8.17. The highest BCUT2D eigenvalue weighted by atomic mass is 35.5. The lowest BCUT2D eigenvalue weighted by molar-refractivity contribution is 0.841. The van der Waals surface area contributed by atoms with E-state index in [1.54, 1.807) is 6.08 Å². The van der Waals surface area contributed by atoms with E-state index in [9.17, 15) is 0 Å². The van der Waals surface area contributed by atoms with Gasteiger partial charge in [-0.05, 0) is 23.8 Å². The fourth-order valence-corrected chi connectivity index (χ4v) is 2.91. The van der Waals surface area contributed by atoms with Crippen molar-refractivity contribution in [3.8, 4) is 0 Å². The molecule has 1 nitrogen and oxygen atoms in total. The van der Waals surface area contributed by atoms with Gasteiger partial charge in [-0.2, -0.15) is 0 Å². The van der Waals surface area contributed by atoms with Crippen LogP contribution in [0.25, 0.3) is 0 Å². The standard InChI is InChI=1S/C14H14Cl3N/c1-18(2)10-5-3-4-9(8-10)13-11(15)6-7-12(16)14(13)17/h3-8,11,13H,1-2H3. The molecule has 0 aromatic heterocycles. The van der Waals surface area contributed by atoms with E-state index in [2.05, 4.69) is 6.07 Å². The van der Waals surface area contributed by atoms with Crippen molar-refractivity contribution >= 4 is 40.5 Å². The van der Waals surface area contributed by atoms with Crippen molar-refractivity contribution in [2.24, 2.45) is 0 Å². The molecule has 1 aliphatic carbocycles. The van der Waals surface area contributed by atoms with Crippen LogP contribution >= 0.6 is 34.8 Å². The van der Waals surface area contributed by atoms with Crippen molar-refractivity contribution in [1.82, 2.24) is 0 Å². The van der Waals surface area contributed by atoms with Gasteiger partial charge in [0.15, 0.2) is 0 Å². The fraction of sp³-hybridized carbons (Fsp3) is 0.286. The zero-order valence-corrected chi connectivity index (χ0v) is 12.5. The average Bonchev–Trinajstić information content (AvgIpc) is 2.35. The number of hydrogen-bond acceptors (Lipinski definition) is 1. The molecule has 1 aromatic carbocycles. The van der Waals surface area contributed by atoms with Gasteiger partial charge in [0.1, 0.15) is 0 Å². The minimum atomic E-state index is -0.169. The summed E-state index contributed by atoms with van der Waals surface area (Å²) in [6.07, 6.45) is 3.64. The van der Waals surface area contributed by atoms with Crippen LogP contribution in [-0.4, -0.2) is 19.5 Å². The molecule has 0 radical (unpaired) electrons. The van der Waals surface area contributed by atoms with Crippen LogP contribution in [0.2, 0.25) is 0 Å². The molecule has 0 N–H and O–H groups in total. The summed E-state index contributed by atoms with van der Waals surface area (Å²) >= 11 is 18.7. The van der Waals surface area contributed by atoms with Crippen LogP contribution in [0.1, 0.15) is 11.5 Å². The quantitative estimate of drug-likeness (QED) is 0.716. The van der Waals surface area contributed by atoms with Crippen LogP contribution in [0.4, 0.5) is 5.69 Å². The summed E-state index contributed by atoms with van der Waals surface area (Å²) in [6.45, 7) is 0. The van der Waals surface area contributed by atoms with E-state index < -0.39 is 0 Å². The first-order chi connectivity index (χ1) is 8.50. The summed E-state index contributed by atoms with van der Waals surface area (Å²) in [7, 11) is 4.00. The van der Waals surface area contributed by atoms with E-state index in [-0.39, 0.29) is 11.3 Å². The molecule has 4 heteroatoms. The molecular formula is C14H14Cl3N. The first-order valence-corrected chi connectivity index (χ1v) is 6.84. The number of allylic oxidation sites excluding steroid dienone is 4. The average molecular weight is 303 g/mol. The second-order valence-corrected chi connectivity index (χ2v) is 5.78. The van der Waals surface area contributed by atoms with Crippen molar-refractivity contribution in [2.75, 3.05) is 19.0 Å². The van der Waals surface area contributed by atoms with Gasteiger partial charge in [0.2, 0.25) is 0 Å². The lowest BCUT2D eigenvalue weighted by atomic mass is 9.91. The van der Waals surface area contributed by atoms with Gasteiger partial charge in [-0.25, -0.2) is 0 Å². The van der Waals surface area contributed by atoms with E-state index in [0.29, 0.717) is 10.1 Å². The van der Waals surface area contributed by atoms with Gasteiger partial charge in [0.05, 0.1) is 10.4 Å². The number of nitrogens with zero attached hydrogens (tertiary/aromatic N) is 1. The van der Waals surface area contributed by atoms with Gasteiger partial charge in [-0.3, -0.25) is 0 Å². The lowest BCUT2D eigenvalue weighted by Gasteiger charge is -2.25. The Hall–Kier alpha value is -0.630. The van der Waals surface area contributed by atoms with Crippen LogP contribution in [0, 0.1) is 0 Å². The second-order valence-electron chi connectivity index (χ2n) is 4.47. The molecule has 2 unspecified atom stereocenters. The molecule has 96 valence electrons. The zero-order chi connectivity index (χ0) is 13.3. The van der Waals surface area contributed by atoms with Crippen molar-refractivity contribution in [3.63, 3.8) is 0 Å². The number of hydrogen-bond donors (Lipinski definition) is 0. The maximum atomic E-state index is 6.33. The SMILES string of the molecule is CN(C)c1cccc(C2C(Cl)=C(Cl)C=CC2Cl)c1. The van der Waals surface area contributed by atoms with Gasteiger partial charge < -0.3 is 4.90 Å². The molecule has 0 amide bonds. The summed E-state index contributed by atoms with van der Waals surface area (Å²) in [5.41, 5.74) is 2.19. The van der Waals surface area contributed by atoms with Crippen LogP contribution in [0.15, 0.2) is 46.5 Å². The highest BCUT2D eigenvalue weighted by Crippen LogP contribution is 2.41. The molecule has 1 aliphatic rings. The normalized spacial score (nSPS) is 23.4. The van der Waals surface area contributed by atoms with E-state index in [1.165, 1.54) is 0 Å². The van der Waals surface area contributed by atoms with Crippen molar-refractivity contribution in [1.29, 1.82) is 0 Å². The van der Waals surface area contributed by atoms with E-state index in [0.717, 1.165) is 11.3 Å². The van der Waals surface area contributed by atoms with Crippen LogP contribution in [0.5, 0.6) is 0 Å². The van der Waals surface area contributed by atoms with Crippen LogP contribution in [0.3, 0.4) is 0 Å². The summed E-state index contributed by atoms with van der Waals surface area (Å²) in [5, 5.41) is 1.00. The summed E-state index contributed by atoms with van der Waals surface area (Å²) in [5.74, 6) is -0.0780. The van der Waals surface area contributed by atoms with Crippen molar-refractivity contribution in [3.05, 3.63) is 52.0 Å². The third kappa shape index (κ3) is 2.69. The summed E-state index contributed by atoms with van der Waals surface area (Å²) in [4.78, 5) is 2.05. The van der Waals surface area contributed by atoms with Gasteiger partial charge in [0, 0.05) is 30.7 Å². The van der Waals surface area contributed by atoms with Gasteiger partial charge in [-0.1, -0.05) is 41.4 Å². The maximum Gasteiger partial charge on any atom is 0.0638 e. The summed E-state index contributed by atoms with van der Waals surface area (Å²) < 4.78 is 0. The fourth-order valence-electron chi connectivity index (χ4n) is 1.98. The molecule has 0 saturated heterocycles. The molecule has 18 heavy (non-hydrogen) atoms. The van der Waals surface area contributed by atoms with Crippen LogP contribution < -0.4 is 4.90 Å². The minimum absolute atomic E-state index is 0.0780. The third-order valence-electron chi connectivity index (χ3n) is 2.99. The molecular weight excluding hydrogens is 289 g/mol. The predicted octanol–water partition coefficient (Wildman–Crippen LogP) is 4.70. The Morgan fingerprint density at radius 3 is 2.56 bits per heavy atom. The molecule has 0 spiro atoms. The zero-order valence-electron chi connectivity index (χ0n) is 10.2. The first kappa shape index (κ1) is 13.8. The van der Waals surface area contributed by atoms with Crippen LogP contribution in [-0.2, 0) is 0 Å². The number of benzene rings is 1. The molecule has 2 rings (SSSR count). The smallest absolute Gasteiger partial charge is 0.0638 e. The predicted molar refractivity (Wildman–Crippen MR) is 81.0 cm³/mol. The Kier molecular flexibility index (Phi) is 4.26. The Bertz CT molecular complexity index is 506. The van der Waals surface area contributed by atoms with E-state index in [1.807, 2.05) is 43.3 Å². The van der Waals surface area contributed by atoms with Gasteiger partial charge in [0.25, 0.3) is 0 Å². The van der Waals surface area contributed by atoms with E-state index >= 15 is 0 Å². The Morgan fingerprint density at radius 1 is 1.17 bits per heavy atom. The van der Waals surface area contributed by atoms with Gasteiger partial charge >= 0.3 is 0 Å². The lowest BCUT2D eigenvalue weighted by Crippen LogP contribution is -2.16. The molecule has 0 saturated carbocycles. The maximum absolute atomic E-state index is 6.33. The van der Waals surface area contributed by atoms with Gasteiger partial charge in [-0.15, -0.1) is 11.6 Å². The Morgan fingerprint density at radius 2 is 1.89 bits per heavy atom. The first-order valence-electron chi connectivity index (χ1n) is 5.65. The molecule has 0 fully saturated rings. The highest BCUT2D eigenvalue weighted by molar-refractivity contribution is 6.41. The Labute approximate surface area is 123 Å². The number of anilines is 1. The number of halogens is 3. The molecule has 1 aromatic rings. The van der Waals surface area contributed by atoms with Crippen molar-refractivity contribution in [2.45, 2.75) is 11.3 Å². The molecule has 2 atom stereocenters. The largest absolute Gasteiger partial charge is 0.378 e. The Balaban J connectivity index is 2.42. The van der Waals surface area contributed by atoms with E-state index in [4.69, 9.17) is 34.8 Å². The minimum Gasteiger partial charge on any atom is -0.378 e. The number of rotatable bonds is 2. The highest BCUT2D eigenvalue weighted by Gasteiger charge is 2.27. The van der Waals surface area contributed by atoms with Crippen molar-refractivity contribution < 1.29 is 0 Å². The third-order valence-corrected chi connectivity index (χ3v) is 4.25. The molecule has 0 aliphatic heterocycles. The molecule has 0 bridgehead atoms.